The predicted molar refractivity (Wildman–Crippen MR) is 299 cm³/mol. The van der Waals surface area contributed by atoms with E-state index in [1.165, 1.54) is 9.78 Å². The molecule has 4 N–H and O–H groups in total. The number of aromatic nitrogens is 4. The van der Waals surface area contributed by atoms with Crippen LogP contribution in [0, 0.1) is 33.1 Å². The number of thiophene rings is 1. The number of aliphatic hydroxyl groups excluding tert-OH is 1. The Labute approximate surface area is 462 Å². The van der Waals surface area contributed by atoms with Crippen molar-refractivity contribution < 1.29 is 38.5 Å². The largest absolute Gasteiger partial charge is 0.494 e. The van der Waals surface area contributed by atoms with Crippen LogP contribution in [0.15, 0.2) is 83.3 Å². The number of aliphatic imine (C=N–C) groups is 1. The lowest BCUT2D eigenvalue weighted by atomic mass is 9.85. The van der Waals surface area contributed by atoms with Crippen LogP contribution in [0.25, 0.3) is 15.4 Å². The molecule has 2 aliphatic heterocycles. The molecule has 2 aliphatic rings. The number of β-amino-alcohol motifs (C(OH)–C–C–N with tert-alkyl or cyclic N) is 1. The molecule has 6 aromatic rings. The van der Waals surface area contributed by atoms with Crippen LogP contribution in [-0.4, -0.2) is 117 Å². The van der Waals surface area contributed by atoms with E-state index in [1.54, 1.807) is 22.7 Å². The fourth-order valence-corrected chi connectivity index (χ4v) is 11.6. The number of ether oxygens (including phenoxy) is 3. The van der Waals surface area contributed by atoms with E-state index in [-0.39, 0.29) is 57.0 Å². The third kappa shape index (κ3) is 14.0. The van der Waals surface area contributed by atoms with Gasteiger partial charge in [-0.1, -0.05) is 80.9 Å². The molecule has 0 saturated carbocycles. The SMILES string of the molecule is Cc1ncsc1-c1ccc(CNC(=O)[C@@H]2C[C@@H](O)CN2C(=O)[C@@H](NC(=O)COCCCOCCCOc2ccc([C@H](C)NC(=O)C[C@@H]3N=C(c4ccc(Cl)cc4)c4c(sc(C)c4C)-n4c(C)nnc43)cc2)C(C)(C)C)cc1. The zero-order chi connectivity index (χ0) is 55.0. The number of halogens is 1. The smallest absolute Gasteiger partial charge is 0.246 e. The number of aryl methyl sites for hydroxylation is 3. The number of carbonyl (C=O) groups is 4. The van der Waals surface area contributed by atoms with Gasteiger partial charge in [0.25, 0.3) is 0 Å². The lowest BCUT2D eigenvalue weighted by Crippen LogP contribution is -2.58. The third-order valence-corrected chi connectivity index (χ3v) is 16.1. The van der Waals surface area contributed by atoms with Crippen molar-refractivity contribution >= 4 is 63.6 Å². The molecule has 17 nitrogen and oxygen atoms in total. The molecule has 8 rings (SSSR count). The minimum atomic E-state index is -0.961. The zero-order valence-corrected chi connectivity index (χ0v) is 47.2. The van der Waals surface area contributed by atoms with Gasteiger partial charge in [0.1, 0.15) is 41.3 Å². The van der Waals surface area contributed by atoms with Gasteiger partial charge in [-0.25, -0.2) is 4.98 Å². The number of hydrogen-bond donors (Lipinski definition) is 4. The summed E-state index contributed by atoms with van der Waals surface area (Å²) in [6.07, 6.45) is 0.508. The summed E-state index contributed by atoms with van der Waals surface area (Å²) in [5.74, 6) is 0.609. The summed E-state index contributed by atoms with van der Waals surface area (Å²) in [6.45, 7) is 17.1. The monoisotopic (exact) mass is 1110 g/mol. The van der Waals surface area contributed by atoms with Gasteiger partial charge in [-0.05, 0) is 93.0 Å². The minimum Gasteiger partial charge on any atom is -0.494 e. The number of amides is 4. The van der Waals surface area contributed by atoms with Gasteiger partial charge in [-0.3, -0.25) is 28.7 Å². The Balaban J connectivity index is 0.720. The molecule has 0 unspecified atom stereocenters. The summed E-state index contributed by atoms with van der Waals surface area (Å²) in [6, 6.07) is 20.4. The van der Waals surface area contributed by atoms with Crippen molar-refractivity contribution in [3.05, 3.63) is 133 Å². The summed E-state index contributed by atoms with van der Waals surface area (Å²) in [5, 5.41) is 30.1. The van der Waals surface area contributed by atoms with Gasteiger partial charge in [-0.15, -0.1) is 32.9 Å². The molecule has 0 radical (unpaired) electrons. The number of rotatable bonds is 22. The van der Waals surface area contributed by atoms with Crippen LogP contribution in [0.2, 0.25) is 5.02 Å². The van der Waals surface area contributed by atoms with Crippen LogP contribution in [0.1, 0.15) is 115 Å². The lowest BCUT2D eigenvalue weighted by Gasteiger charge is -2.35. The second-order valence-electron chi connectivity index (χ2n) is 20.6. The van der Waals surface area contributed by atoms with Gasteiger partial charge in [-0.2, -0.15) is 0 Å². The first-order valence-electron chi connectivity index (χ1n) is 25.9. The minimum absolute atomic E-state index is 0.0161. The van der Waals surface area contributed by atoms with Crippen molar-refractivity contribution in [1.82, 2.24) is 40.6 Å². The van der Waals surface area contributed by atoms with Gasteiger partial charge in [0.05, 0.1) is 47.0 Å². The molecule has 20 heteroatoms. The van der Waals surface area contributed by atoms with Gasteiger partial charge in [0, 0.05) is 66.8 Å². The standard InChI is InChI=1S/C57H68ClN9O8S2/c1-33-36(4)77-56-49(33)50(40-15-19-42(58)20-16-40)62-45(53-65-64-37(5)67(53)56)28-47(69)61-34(2)39-17-21-44(22-18-39)75-26-10-24-73-23-9-25-74-31-48(70)63-52(57(6,7)8)55(72)66-30-43(68)27-46(66)54(71)59-29-38-11-13-41(14-12-38)51-35(3)60-32-76-51/h11-22,32,34,43,45-46,52,68H,9-10,23-31H2,1-8H3,(H,59,71)(H,61,69)(H,63,70)/t34-,43+,45-,46-,52+/m0/s1. The van der Waals surface area contributed by atoms with E-state index in [4.69, 9.17) is 30.8 Å². The first-order valence-corrected chi connectivity index (χ1v) is 28.0. The number of thiazole rings is 1. The van der Waals surface area contributed by atoms with Crippen LogP contribution >= 0.6 is 34.3 Å². The predicted octanol–water partition coefficient (Wildman–Crippen LogP) is 8.50. The van der Waals surface area contributed by atoms with Crippen molar-refractivity contribution in [1.29, 1.82) is 0 Å². The number of aliphatic hydroxyl groups is 1. The van der Waals surface area contributed by atoms with Crippen molar-refractivity contribution in [3.8, 4) is 21.2 Å². The van der Waals surface area contributed by atoms with E-state index in [0.717, 1.165) is 60.5 Å². The van der Waals surface area contributed by atoms with Crippen LogP contribution in [0.4, 0.5) is 0 Å². The number of likely N-dealkylation sites (tertiary alicyclic amines) is 1. The van der Waals surface area contributed by atoms with Crippen LogP contribution in [-0.2, 0) is 35.2 Å². The summed E-state index contributed by atoms with van der Waals surface area (Å²) in [4.78, 5) is 67.5. The Morgan fingerprint density at radius 2 is 1.55 bits per heavy atom. The van der Waals surface area contributed by atoms with Crippen molar-refractivity contribution in [2.24, 2.45) is 10.4 Å². The molecule has 0 spiro atoms. The van der Waals surface area contributed by atoms with E-state index >= 15 is 0 Å². The highest BCUT2D eigenvalue weighted by Crippen LogP contribution is 2.40. The van der Waals surface area contributed by atoms with Gasteiger partial charge in [0.15, 0.2) is 5.82 Å². The lowest BCUT2D eigenvalue weighted by molar-refractivity contribution is -0.144. The van der Waals surface area contributed by atoms with Crippen LogP contribution < -0.4 is 20.7 Å². The average Bonchev–Trinajstić information content (AvgIpc) is 4.31. The number of carbonyl (C=O) groups excluding carboxylic acids is 4. The summed E-state index contributed by atoms with van der Waals surface area (Å²) >= 11 is 9.51. The Morgan fingerprint density at radius 1 is 0.857 bits per heavy atom. The molecular formula is C57H68ClN9O8S2. The fourth-order valence-electron chi connectivity index (χ4n) is 9.41. The number of hydrogen-bond acceptors (Lipinski definition) is 14. The second kappa shape index (κ2) is 25.4. The molecule has 3 aromatic carbocycles. The molecule has 408 valence electrons. The van der Waals surface area contributed by atoms with Gasteiger partial charge < -0.3 is 40.2 Å². The molecule has 5 atom stereocenters. The van der Waals surface area contributed by atoms with Crippen LogP contribution in [0.3, 0.4) is 0 Å². The first kappa shape index (κ1) is 56.8. The normalized spacial score (nSPS) is 16.9. The zero-order valence-electron chi connectivity index (χ0n) is 44.9. The molecule has 0 aliphatic carbocycles. The van der Waals surface area contributed by atoms with E-state index in [2.05, 4.69) is 45.0 Å². The van der Waals surface area contributed by atoms with Gasteiger partial charge in [0.2, 0.25) is 23.6 Å². The molecule has 77 heavy (non-hydrogen) atoms. The maximum atomic E-state index is 14.0. The summed E-state index contributed by atoms with van der Waals surface area (Å²) in [7, 11) is 0. The van der Waals surface area contributed by atoms with Crippen molar-refractivity contribution in [2.45, 2.75) is 118 Å². The highest BCUT2D eigenvalue weighted by Gasteiger charge is 2.44. The molecule has 0 bridgehead atoms. The highest BCUT2D eigenvalue weighted by atomic mass is 35.5. The maximum absolute atomic E-state index is 14.0. The quantitative estimate of drug-likeness (QED) is 0.0474. The van der Waals surface area contributed by atoms with E-state index < -0.39 is 41.5 Å². The third-order valence-electron chi connectivity index (χ3n) is 13.7. The van der Waals surface area contributed by atoms with E-state index in [0.29, 0.717) is 49.3 Å². The fraction of sp³-hybridized carbons (Fsp3) is 0.439. The molecule has 1 fully saturated rings. The number of benzene rings is 3. The molecule has 3 aromatic heterocycles. The average molecular weight is 1110 g/mol. The molecule has 4 amide bonds. The topological polar surface area (TPSA) is 211 Å². The maximum Gasteiger partial charge on any atom is 0.246 e. The summed E-state index contributed by atoms with van der Waals surface area (Å²) < 4.78 is 19.4. The molecular weight excluding hydrogens is 1040 g/mol. The van der Waals surface area contributed by atoms with Crippen molar-refractivity contribution in [2.75, 3.05) is 39.6 Å². The van der Waals surface area contributed by atoms with E-state index in [1.807, 2.05) is 124 Å². The summed E-state index contributed by atoms with van der Waals surface area (Å²) in [5.41, 5.74) is 8.77. The Bertz CT molecular complexity index is 3060. The van der Waals surface area contributed by atoms with E-state index in [9.17, 15) is 24.3 Å². The van der Waals surface area contributed by atoms with Crippen LogP contribution in [0.5, 0.6) is 5.75 Å². The second-order valence-corrected chi connectivity index (χ2v) is 23.1. The molecule has 1 saturated heterocycles. The Kier molecular flexibility index (Phi) is 18.8. The number of fused-ring (bicyclic) bond motifs is 3. The van der Waals surface area contributed by atoms with Crippen molar-refractivity contribution in [3.63, 3.8) is 0 Å². The Hall–Kier alpha value is -6.35. The first-order chi connectivity index (χ1) is 36.9. The highest BCUT2D eigenvalue weighted by molar-refractivity contribution is 7.15. The number of nitrogens with one attached hydrogen (secondary N) is 3. The molecule has 5 heterocycles. The Morgan fingerprint density at radius 3 is 2.23 bits per heavy atom. The number of nitrogens with zero attached hydrogens (tertiary/aromatic N) is 6. The van der Waals surface area contributed by atoms with Gasteiger partial charge >= 0.3 is 0 Å².